The Morgan fingerprint density at radius 3 is 2.69 bits per heavy atom. The van der Waals surface area contributed by atoms with Crippen LogP contribution in [0.25, 0.3) is 0 Å². The summed E-state index contributed by atoms with van der Waals surface area (Å²) >= 11 is 3.26. The number of halogens is 1. The normalized spacial score (nSPS) is 11.2. The molecule has 1 aromatic carbocycles. The summed E-state index contributed by atoms with van der Waals surface area (Å²) in [6.07, 6.45) is 1.73. The Labute approximate surface area is 103 Å². The SMILES string of the molecule is Cc1ccc(C)c(N=Cc2ccc(Br)o2)c1. The number of aliphatic imine (C=N–C) groups is 1. The van der Waals surface area contributed by atoms with Crippen molar-refractivity contribution >= 4 is 27.8 Å². The van der Waals surface area contributed by atoms with Crippen LogP contribution in [-0.4, -0.2) is 6.21 Å². The summed E-state index contributed by atoms with van der Waals surface area (Å²) in [6, 6.07) is 9.94. The lowest BCUT2D eigenvalue weighted by Crippen LogP contribution is -1.79. The summed E-state index contributed by atoms with van der Waals surface area (Å²) in [5, 5.41) is 0. The Bertz CT molecular complexity index is 528. The topological polar surface area (TPSA) is 25.5 Å². The van der Waals surface area contributed by atoms with Gasteiger partial charge >= 0.3 is 0 Å². The molecule has 82 valence electrons. The van der Waals surface area contributed by atoms with E-state index in [0.717, 1.165) is 21.7 Å². The number of rotatable bonds is 2. The second-order valence-corrected chi connectivity index (χ2v) is 4.47. The average Bonchev–Trinajstić information content (AvgIpc) is 2.66. The molecule has 2 nitrogen and oxygen atoms in total. The van der Waals surface area contributed by atoms with E-state index in [-0.39, 0.29) is 0 Å². The molecule has 0 aliphatic heterocycles. The van der Waals surface area contributed by atoms with Crippen molar-refractivity contribution in [2.75, 3.05) is 0 Å². The van der Waals surface area contributed by atoms with Crippen molar-refractivity contribution in [3.05, 3.63) is 51.9 Å². The number of benzene rings is 1. The molecule has 1 heterocycles. The second-order valence-electron chi connectivity index (χ2n) is 3.69. The molecule has 0 bridgehead atoms. The smallest absolute Gasteiger partial charge is 0.169 e. The van der Waals surface area contributed by atoms with Gasteiger partial charge in [-0.3, -0.25) is 4.99 Å². The number of nitrogens with zero attached hydrogens (tertiary/aromatic N) is 1. The van der Waals surface area contributed by atoms with E-state index < -0.39 is 0 Å². The van der Waals surface area contributed by atoms with Crippen LogP contribution in [0.4, 0.5) is 5.69 Å². The molecule has 3 heteroatoms. The van der Waals surface area contributed by atoms with Crippen LogP contribution in [0.15, 0.2) is 44.4 Å². The van der Waals surface area contributed by atoms with Crippen LogP contribution < -0.4 is 0 Å². The molecular weight excluding hydrogens is 266 g/mol. The molecule has 2 rings (SSSR count). The first-order valence-electron chi connectivity index (χ1n) is 5.02. The predicted molar refractivity (Wildman–Crippen MR) is 69.6 cm³/mol. The van der Waals surface area contributed by atoms with Crippen LogP contribution in [-0.2, 0) is 0 Å². The second kappa shape index (κ2) is 4.66. The maximum absolute atomic E-state index is 5.34. The quantitative estimate of drug-likeness (QED) is 0.747. The third-order valence-corrected chi connectivity index (χ3v) is 2.72. The van der Waals surface area contributed by atoms with Gasteiger partial charge in [-0.15, -0.1) is 0 Å². The third kappa shape index (κ3) is 2.61. The van der Waals surface area contributed by atoms with Crippen LogP contribution in [0.3, 0.4) is 0 Å². The first kappa shape index (κ1) is 11.1. The fourth-order valence-corrected chi connectivity index (χ4v) is 1.71. The highest BCUT2D eigenvalue weighted by Crippen LogP contribution is 2.20. The Hall–Kier alpha value is -1.35. The monoisotopic (exact) mass is 277 g/mol. The highest BCUT2D eigenvalue weighted by Gasteiger charge is 1.98. The van der Waals surface area contributed by atoms with E-state index in [2.05, 4.69) is 46.0 Å². The molecule has 0 spiro atoms. The van der Waals surface area contributed by atoms with Crippen LogP contribution >= 0.6 is 15.9 Å². The highest BCUT2D eigenvalue weighted by molar-refractivity contribution is 9.10. The molecule has 0 aliphatic rings. The van der Waals surface area contributed by atoms with Crippen molar-refractivity contribution in [1.82, 2.24) is 0 Å². The Balaban J connectivity index is 2.26. The van der Waals surface area contributed by atoms with Crippen molar-refractivity contribution < 1.29 is 4.42 Å². The number of aryl methyl sites for hydroxylation is 2. The van der Waals surface area contributed by atoms with Gasteiger partial charge in [0.15, 0.2) is 4.67 Å². The number of hydrogen-bond donors (Lipinski definition) is 0. The van der Waals surface area contributed by atoms with E-state index in [0.29, 0.717) is 0 Å². The molecular formula is C13H12BrNO. The summed E-state index contributed by atoms with van der Waals surface area (Å²) in [4.78, 5) is 4.41. The fraction of sp³-hybridized carbons (Fsp3) is 0.154. The van der Waals surface area contributed by atoms with E-state index >= 15 is 0 Å². The molecule has 0 amide bonds. The van der Waals surface area contributed by atoms with Crippen molar-refractivity contribution in [1.29, 1.82) is 0 Å². The molecule has 0 fully saturated rings. The van der Waals surface area contributed by atoms with Gasteiger partial charge in [-0.2, -0.15) is 0 Å². The van der Waals surface area contributed by atoms with Crippen LogP contribution in [0, 0.1) is 13.8 Å². The van der Waals surface area contributed by atoms with Crippen molar-refractivity contribution in [2.24, 2.45) is 4.99 Å². The molecule has 0 radical (unpaired) electrons. The number of furan rings is 1. The summed E-state index contributed by atoms with van der Waals surface area (Å²) < 4.78 is 6.06. The van der Waals surface area contributed by atoms with Crippen LogP contribution in [0.1, 0.15) is 16.9 Å². The summed E-state index contributed by atoms with van der Waals surface area (Å²) in [6.45, 7) is 4.10. The molecule has 0 unspecified atom stereocenters. The standard InChI is InChI=1S/C13H12BrNO/c1-9-3-4-10(2)12(7-9)15-8-11-5-6-13(14)16-11/h3-8H,1-2H3. The minimum Gasteiger partial charge on any atom is -0.448 e. The van der Waals surface area contributed by atoms with Crippen molar-refractivity contribution in [2.45, 2.75) is 13.8 Å². The largest absolute Gasteiger partial charge is 0.448 e. The minimum absolute atomic E-state index is 0.718. The lowest BCUT2D eigenvalue weighted by molar-refractivity contribution is 0.535. The van der Waals surface area contributed by atoms with Crippen LogP contribution in [0.5, 0.6) is 0 Å². The van der Waals surface area contributed by atoms with Gasteiger partial charge in [0, 0.05) is 0 Å². The van der Waals surface area contributed by atoms with Gasteiger partial charge in [-0.25, -0.2) is 0 Å². The molecule has 16 heavy (non-hydrogen) atoms. The molecule has 0 saturated carbocycles. The van der Waals surface area contributed by atoms with Crippen molar-refractivity contribution in [3.63, 3.8) is 0 Å². The number of hydrogen-bond acceptors (Lipinski definition) is 2. The highest BCUT2D eigenvalue weighted by atomic mass is 79.9. The lowest BCUT2D eigenvalue weighted by Gasteiger charge is -2.00. The van der Waals surface area contributed by atoms with E-state index in [1.807, 2.05) is 19.1 Å². The zero-order chi connectivity index (χ0) is 11.5. The molecule has 0 atom stereocenters. The molecule has 1 aromatic heterocycles. The summed E-state index contributed by atoms with van der Waals surface area (Å²) in [5.74, 6) is 0.743. The maximum atomic E-state index is 5.34. The first-order chi connectivity index (χ1) is 7.65. The van der Waals surface area contributed by atoms with Gasteiger partial charge in [0.05, 0.1) is 11.9 Å². The van der Waals surface area contributed by atoms with Crippen LogP contribution in [0.2, 0.25) is 0 Å². The van der Waals surface area contributed by atoms with Gasteiger partial charge in [0.2, 0.25) is 0 Å². The average molecular weight is 278 g/mol. The van der Waals surface area contributed by atoms with Gasteiger partial charge in [0.1, 0.15) is 5.76 Å². The summed E-state index contributed by atoms with van der Waals surface area (Å²) in [7, 11) is 0. The molecule has 0 aliphatic carbocycles. The van der Waals surface area contributed by atoms with E-state index in [9.17, 15) is 0 Å². The van der Waals surface area contributed by atoms with E-state index in [1.54, 1.807) is 6.21 Å². The molecule has 2 aromatic rings. The lowest BCUT2D eigenvalue weighted by atomic mass is 10.1. The minimum atomic E-state index is 0.718. The molecule has 0 saturated heterocycles. The zero-order valence-electron chi connectivity index (χ0n) is 9.20. The van der Waals surface area contributed by atoms with Gasteiger partial charge < -0.3 is 4.42 Å². The third-order valence-electron chi connectivity index (χ3n) is 2.29. The van der Waals surface area contributed by atoms with Gasteiger partial charge in [0.25, 0.3) is 0 Å². The van der Waals surface area contributed by atoms with E-state index in [4.69, 9.17) is 4.42 Å². The summed E-state index contributed by atoms with van der Waals surface area (Å²) in [5.41, 5.74) is 3.35. The van der Waals surface area contributed by atoms with Crippen molar-refractivity contribution in [3.8, 4) is 0 Å². The van der Waals surface area contributed by atoms with Gasteiger partial charge in [-0.1, -0.05) is 12.1 Å². The first-order valence-corrected chi connectivity index (χ1v) is 5.81. The van der Waals surface area contributed by atoms with E-state index in [1.165, 1.54) is 5.56 Å². The maximum Gasteiger partial charge on any atom is 0.169 e. The molecule has 0 N–H and O–H groups in total. The zero-order valence-corrected chi connectivity index (χ0v) is 10.8. The van der Waals surface area contributed by atoms with Gasteiger partial charge in [-0.05, 0) is 59.1 Å². The Morgan fingerprint density at radius 2 is 2.00 bits per heavy atom. The Morgan fingerprint density at radius 1 is 1.19 bits per heavy atom. The predicted octanol–water partition coefficient (Wildman–Crippen LogP) is 4.41. The fourth-order valence-electron chi connectivity index (χ4n) is 1.39. The Kier molecular flexibility index (Phi) is 3.25.